The van der Waals surface area contributed by atoms with Gasteiger partial charge in [-0.05, 0) is 49.7 Å². The highest BCUT2D eigenvalue weighted by molar-refractivity contribution is 6.42. The summed E-state index contributed by atoms with van der Waals surface area (Å²) in [5.74, 6) is -0.461. The van der Waals surface area contributed by atoms with E-state index in [9.17, 15) is 4.79 Å². The van der Waals surface area contributed by atoms with E-state index >= 15 is 0 Å². The number of nitrogens with one attached hydrogen (secondary N) is 1. The molecule has 1 aromatic heterocycles. The molecule has 0 aliphatic heterocycles. The van der Waals surface area contributed by atoms with Gasteiger partial charge in [-0.1, -0.05) is 34.8 Å². The smallest absolute Gasteiger partial charge is 0.341 e. The molecule has 0 aliphatic carbocycles. The molecule has 0 amide bonds. The van der Waals surface area contributed by atoms with Crippen LogP contribution in [0.15, 0.2) is 36.5 Å². The molecule has 0 saturated heterocycles. The monoisotopic (exact) mass is 408 g/mol. The standard InChI is InChI=1S/C19H15Cl3N2O2/c1-3-26-19(25)13-9-23-17-10(2)14(20)7-5-12(17)18(13)24-11-4-6-15(21)16(22)8-11/h4-9H,3H2,1-2H3,(H,23,24). The van der Waals surface area contributed by atoms with Gasteiger partial charge in [-0.15, -0.1) is 0 Å². The fraction of sp³-hybridized carbons (Fsp3) is 0.158. The second kappa shape index (κ2) is 7.70. The van der Waals surface area contributed by atoms with Crippen molar-refractivity contribution >= 4 is 63.0 Å². The Hall–Kier alpha value is -2.01. The molecule has 4 nitrogen and oxygen atoms in total. The van der Waals surface area contributed by atoms with Gasteiger partial charge in [-0.3, -0.25) is 4.98 Å². The van der Waals surface area contributed by atoms with E-state index < -0.39 is 5.97 Å². The van der Waals surface area contributed by atoms with Gasteiger partial charge in [0.25, 0.3) is 0 Å². The summed E-state index contributed by atoms with van der Waals surface area (Å²) in [7, 11) is 0. The minimum absolute atomic E-state index is 0.267. The van der Waals surface area contributed by atoms with E-state index in [1.807, 2.05) is 13.0 Å². The van der Waals surface area contributed by atoms with Gasteiger partial charge in [0.2, 0.25) is 0 Å². The van der Waals surface area contributed by atoms with Gasteiger partial charge in [0, 0.05) is 22.3 Å². The molecule has 0 fully saturated rings. The van der Waals surface area contributed by atoms with Gasteiger partial charge in [-0.2, -0.15) is 0 Å². The summed E-state index contributed by atoms with van der Waals surface area (Å²) in [5.41, 5.74) is 3.12. The highest BCUT2D eigenvalue weighted by atomic mass is 35.5. The number of rotatable bonds is 4. The number of carbonyl (C=O) groups excluding carboxylic acids is 1. The number of esters is 1. The number of ether oxygens (including phenoxy) is 1. The van der Waals surface area contributed by atoms with Crippen molar-refractivity contribution in [3.8, 4) is 0 Å². The first-order chi connectivity index (χ1) is 12.4. The average Bonchev–Trinajstić information content (AvgIpc) is 2.61. The summed E-state index contributed by atoms with van der Waals surface area (Å²) >= 11 is 18.3. The summed E-state index contributed by atoms with van der Waals surface area (Å²) in [6, 6.07) is 8.74. The first kappa shape index (κ1) is 18.8. The quantitative estimate of drug-likeness (QED) is 0.505. The van der Waals surface area contributed by atoms with Crippen molar-refractivity contribution in [3.05, 3.63) is 62.7 Å². The largest absolute Gasteiger partial charge is 0.462 e. The topological polar surface area (TPSA) is 51.2 Å². The fourth-order valence-electron chi connectivity index (χ4n) is 2.60. The van der Waals surface area contributed by atoms with E-state index in [0.717, 1.165) is 10.9 Å². The Morgan fingerprint density at radius 1 is 1.12 bits per heavy atom. The van der Waals surface area contributed by atoms with E-state index in [0.29, 0.717) is 37.5 Å². The molecular formula is C19H15Cl3N2O2. The van der Waals surface area contributed by atoms with Gasteiger partial charge < -0.3 is 10.1 Å². The SMILES string of the molecule is CCOC(=O)c1cnc2c(C)c(Cl)ccc2c1Nc1ccc(Cl)c(Cl)c1. The number of hydrogen-bond donors (Lipinski definition) is 1. The Morgan fingerprint density at radius 3 is 2.54 bits per heavy atom. The molecule has 3 rings (SSSR count). The lowest BCUT2D eigenvalue weighted by Gasteiger charge is -2.16. The summed E-state index contributed by atoms with van der Waals surface area (Å²) in [4.78, 5) is 16.8. The van der Waals surface area contributed by atoms with Crippen LogP contribution in [0.2, 0.25) is 15.1 Å². The zero-order valence-corrected chi connectivity index (χ0v) is 16.3. The maximum Gasteiger partial charge on any atom is 0.341 e. The number of hydrogen-bond acceptors (Lipinski definition) is 4. The Labute approximate surface area is 166 Å². The normalized spacial score (nSPS) is 10.8. The molecule has 2 aromatic carbocycles. The van der Waals surface area contributed by atoms with Crippen LogP contribution in [0.4, 0.5) is 11.4 Å². The van der Waals surface area contributed by atoms with Crippen molar-refractivity contribution in [2.45, 2.75) is 13.8 Å². The fourth-order valence-corrected chi connectivity index (χ4v) is 3.05. The molecular weight excluding hydrogens is 395 g/mol. The molecule has 0 atom stereocenters. The van der Waals surface area contributed by atoms with Crippen molar-refractivity contribution in [3.63, 3.8) is 0 Å². The Balaban J connectivity index is 2.20. The molecule has 1 N–H and O–H groups in total. The van der Waals surface area contributed by atoms with E-state index in [1.165, 1.54) is 6.20 Å². The van der Waals surface area contributed by atoms with Crippen LogP contribution < -0.4 is 5.32 Å². The van der Waals surface area contributed by atoms with Gasteiger partial charge in [0.15, 0.2) is 0 Å². The lowest BCUT2D eigenvalue weighted by Crippen LogP contribution is -2.09. The Kier molecular flexibility index (Phi) is 5.56. The van der Waals surface area contributed by atoms with E-state index in [1.54, 1.807) is 31.2 Å². The molecule has 1 heterocycles. The third kappa shape index (κ3) is 3.58. The highest BCUT2D eigenvalue weighted by Crippen LogP contribution is 2.35. The average molecular weight is 410 g/mol. The highest BCUT2D eigenvalue weighted by Gasteiger charge is 2.18. The molecule has 0 spiro atoms. The van der Waals surface area contributed by atoms with Crippen LogP contribution in [0, 0.1) is 6.92 Å². The van der Waals surface area contributed by atoms with Crippen LogP contribution >= 0.6 is 34.8 Å². The number of anilines is 2. The number of halogens is 3. The van der Waals surface area contributed by atoms with Crippen LogP contribution in [0.1, 0.15) is 22.8 Å². The second-order valence-corrected chi connectivity index (χ2v) is 6.81. The predicted molar refractivity (Wildman–Crippen MR) is 107 cm³/mol. The van der Waals surface area contributed by atoms with Crippen molar-refractivity contribution in [2.24, 2.45) is 0 Å². The van der Waals surface area contributed by atoms with Crippen LogP contribution in [-0.4, -0.2) is 17.6 Å². The number of aromatic nitrogens is 1. The first-order valence-electron chi connectivity index (χ1n) is 7.89. The molecule has 7 heteroatoms. The number of carbonyl (C=O) groups is 1. The number of nitrogens with zero attached hydrogens (tertiary/aromatic N) is 1. The number of aryl methyl sites for hydroxylation is 1. The number of benzene rings is 2. The number of fused-ring (bicyclic) bond motifs is 1. The van der Waals surface area contributed by atoms with Crippen molar-refractivity contribution in [1.29, 1.82) is 0 Å². The molecule has 0 bridgehead atoms. The van der Waals surface area contributed by atoms with E-state index in [-0.39, 0.29) is 6.61 Å². The Morgan fingerprint density at radius 2 is 1.85 bits per heavy atom. The van der Waals surface area contributed by atoms with Crippen molar-refractivity contribution < 1.29 is 9.53 Å². The third-order valence-electron chi connectivity index (χ3n) is 3.91. The van der Waals surface area contributed by atoms with Gasteiger partial charge in [0.1, 0.15) is 5.56 Å². The molecule has 26 heavy (non-hydrogen) atoms. The van der Waals surface area contributed by atoms with E-state index in [4.69, 9.17) is 39.5 Å². The summed E-state index contributed by atoms with van der Waals surface area (Å²) in [6.45, 7) is 3.90. The van der Waals surface area contributed by atoms with Crippen LogP contribution in [0.3, 0.4) is 0 Å². The molecule has 0 aliphatic rings. The zero-order valence-electron chi connectivity index (χ0n) is 14.1. The third-order valence-corrected chi connectivity index (χ3v) is 5.06. The van der Waals surface area contributed by atoms with Crippen molar-refractivity contribution in [1.82, 2.24) is 4.98 Å². The molecule has 0 radical (unpaired) electrons. The number of pyridine rings is 1. The molecule has 3 aromatic rings. The second-order valence-electron chi connectivity index (χ2n) is 5.59. The van der Waals surface area contributed by atoms with Gasteiger partial charge in [-0.25, -0.2) is 4.79 Å². The van der Waals surface area contributed by atoms with Crippen LogP contribution in [-0.2, 0) is 4.74 Å². The predicted octanol–water partition coefficient (Wildman–Crippen LogP) is 6.42. The summed E-state index contributed by atoms with van der Waals surface area (Å²) < 4.78 is 5.16. The minimum Gasteiger partial charge on any atom is -0.462 e. The van der Waals surface area contributed by atoms with Crippen LogP contribution in [0.5, 0.6) is 0 Å². The first-order valence-corrected chi connectivity index (χ1v) is 9.02. The van der Waals surface area contributed by atoms with Gasteiger partial charge >= 0.3 is 5.97 Å². The van der Waals surface area contributed by atoms with Gasteiger partial charge in [0.05, 0.1) is 27.9 Å². The lowest BCUT2D eigenvalue weighted by atomic mass is 10.1. The maximum atomic E-state index is 12.4. The maximum absolute atomic E-state index is 12.4. The summed E-state index contributed by atoms with van der Waals surface area (Å²) in [5, 5.41) is 5.46. The van der Waals surface area contributed by atoms with Crippen molar-refractivity contribution in [2.75, 3.05) is 11.9 Å². The Bertz CT molecular complexity index is 1010. The zero-order chi connectivity index (χ0) is 18.8. The molecule has 0 unspecified atom stereocenters. The van der Waals surface area contributed by atoms with Crippen LogP contribution in [0.25, 0.3) is 10.9 Å². The molecule has 134 valence electrons. The molecule has 0 saturated carbocycles. The lowest BCUT2D eigenvalue weighted by molar-refractivity contribution is 0.0527. The summed E-state index contributed by atoms with van der Waals surface area (Å²) in [6.07, 6.45) is 1.49. The van der Waals surface area contributed by atoms with E-state index in [2.05, 4.69) is 10.3 Å². The minimum atomic E-state index is -0.461.